The van der Waals surface area contributed by atoms with Crippen molar-refractivity contribution in [1.82, 2.24) is 4.57 Å². The van der Waals surface area contributed by atoms with E-state index in [0.29, 0.717) is 0 Å². The number of nitrogens with zero attached hydrogens (tertiary/aromatic N) is 1. The first-order chi connectivity index (χ1) is 13.1. The fourth-order valence-corrected chi connectivity index (χ4v) is 4.28. The number of hydrogen-bond donors (Lipinski definition) is 0. The third-order valence-corrected chi connectivity index (χ3v) is 5.66. The zero-order chi connectivity index (χ0) is 19.0. The zero-order valence-electron chi connectivity index (χ0n) is 16.3. The summed E-state index contributed by atoms with van der Waals surface area (Å²) >= 11 is 0. The van der Waals surface area contributed by atoms with Crippen LogP contribution in [0.25, 0.3) is 0 Å². The van der Waals surface area contributed by atoms with Crippen LogP contribution in [0.5, 0.6) is 17.2 Å². The van der Waals surface area contributed by atoms with Gasteiger partial charge in [0, 0.05) is 23.9 Å². The van der Waals surface area contributed by atoms with E-state index in [0.717, 1.165) is 30.2 Å². The predicted molar refractivity (Wildman–Crippen MR) is 106 cm³/mol. The Hall–Kier alpha value is -2.88. The van der Waals surface area contributed by atoms with Gasteiger partial charge in [-0.1, -0.05) is 12.1 Å². The van der Waals surface area contributed by atoms with Crippen LogP contribution in [-0.4, -0.2) is 25.9 Å². The van der Waals surface area contributed by atoms with Crippen LogP contribution < -0.4 is 14.2 Å². The number of methoxy groups -OCH3 is 3. The lowest BCUT2D eigenvalue weighted by Crippen LogP contribution is -2.35. The molecule has 2 heterocycles. The summed E-state index contributed by atoms with van der Waals surface area (Å²) in [7, 11) is 5.07. The van der Waals surface area contributed by atoms with E-state index in [1.165, 1.54) is 22.4 Å². The Morgan fingerprint density at radius 3 is 2.30 bits per heavy atom. The number of fused-ring (bicyclic) bond motifs is 2. The van der Waals surface area contributed by atoms with Crippen molar-refractivity contribution in [3.63, 3.8) is 0 Å². The summed E-state index contributed by atoms with van der Waals surface area (Å²) in [4.78, 5) is 0. The Kier molecular flexibility index (Phi) is 4.34. The van der Waals surface area contributed by atoms with Gasteiger partial charge in [-0.2, -0.15) is 0 Å². The van der Waals surface area contributed by atoms with Crippen LogP contribution in [0.1, 0.15) is 29.3 Å². The third kappa shape index (κ3) is 2.85. The lowest BCUT2D eigenvalue weighted by Gasteiger charge is -2.38. The standard InChI is InChI=1S/C23H25NO3/c1-23(14-16-7-9-18(25-2)10-8-16)19-13-21(27-4)20(26-3)12-17(19)15-24-11-5-6-22(23)24/h5-13H,14-15H2,1-4H3. The quantitative estimate of drug-likeness (QED) is 0.672. The number of hydrogen-bond acceptors (Lipinski definition) is 3. The molecule has 1 aromatic heterocycles. The van der Waals surface area contributed by atoms with Crippen LogP contribution in [0.4, 0.5) is 0 Å². The average Bonchev–Trinajstić information content (AvgIpc) is 3.17. The highest BCUT2D eigenvalue weighted by Crippen LogP contribution is 2.45. The van der Waals surface area contributed by atoms with E-state index in [1.807, 2.05) is 12.1 Å². The molecular weight excluding hydrogens is 338 g/mol. The molecule has 0 saturated heterocycles. The molecule has 1 atom stereocenters. The first-order valence-corrected chi connectivity index (χ1v) is 9.13. The van der Waals surface area contributed by atoms with E-state index < -0.39 is 0 Å². The van der Waals surface area contributed by atoms with Crippen molar-refractivity contribution < 1.29 is 14.2 Å². The molecule has 0 fully saturated rings. The van der Waals surface area contributed by atoms with Gasteiger partial charge in [0.05, 0.1) is 21.3 Å². The number of aromatic nitrogens is 1. The van der Waals surface area contributed by atoms with E-state index in [2.05, 4.69) is 54.1 Å². The number of ether oxygens (including phenoxy) is 3. The van der Waals surface area contributed by atoms with Crippen LogP contribution in [0.3, 0.4) is 0 Å². The molecule has 2 aromatic carbocycles. The average molecular weight is 363 g/mol. The molecule has 0 spiro atoms. The smallest absolute Gasteiger partial charge is 0.161 e. The topological polar surface area (TPSA) is 32.6 Å². The zero-order valence-corrected chi connectivity index (χ0v) is 16.3. The van der Waals surface area contributed by atoms with Crippen LogP contribution in [0, 0.1) is 0 Å². The Bertz CT molecular complexity index is 958. The first kappa shape index (κ1) is 17.5. The summed E-state index contributed by atoms with van der Waals surface area (Å²) in [6.45, 7) is 3.16. The van der Waals surface area contributed by atoms with Gasteiger partial charge in [-0.15, -0.1) is 0 Å². The largest absolute Gasteiger partial charge is 0.497 e. The van der Waals surface area contributed by atoms with Gasteiger partial charge in [-0.05, 0) is 66.4 Å². The maximum atomic E-state index is 5.60. The number of benzene rings is 2. The van der Waals surface area contributed by atoms with Gasteiger partial charge < -0.3 is 18.8 Å². The Morgan fingerprint density at radius 2 is 1.63 bits per heavy atom. The van der Waals surface area contributed by atoms with E-state index in [9.17, 15) is 0 Å². The van der Waals surface area contributed by atoms with E-state index in [1.54, 1.807) is 21.3 Å². The lowest BCUT2D eigenvalue weighted by molar-refractivity contribution is 0.351. The molecule has 1 unspecified atom stereocenters. The highest BCUT2D eigenvalue weighted by Gasteiger charge is 2.38. The second kappa shape index (κ2) is 6.69. The van der Waals surface area contributed by atoms with Crippen LogP contribution in [0.2, 0.25) is 0 Å². The molecule has 4 heteroatoms. The van der Waals surface area contributed by atoms with E-state index >= 15 is 0 Å². The van der Waals surface area contributed by atoms with Crippen molar-refractivity contribution >= 4 is 0 Å². The summed E-state index contributed by atoms with van der Waals surface area (Å²) in [6, 6.07) is 17.0. The molecule has 0 radical (unpaired) electrons. The van der Waals surface area contributed by atoms with Crippen molar-refractivity contribution in [1.29, 1.82) is 0 Å². The molecular formula is C23H25NO3. The minimum Gasteiger partial charge on any atom is -0.497 e. The summed E-state index contributed by atoms with van der Waals surface area (Å²) in [5, 5.41) is 0. The highest BCUT2D eigenvalue weighted by molar-refractivity contribution is 5.55. The highest BCUT2D eigenvalue weighted by atomic mass is 16.5. The summed E-state index contributed by atoms with van der Waals surface area (Å²) in [5.41, 5.74) is 4.99. The van der Waals surface area contributed by atoms with Gasteiger partial charge in [0.15, 0.2) is 11.5 Å². The normalized spacial score (nSPS) is 17.8. The third-order valence-electron chi connectivity index (χ3n) is 5.66. The minimum atomic E-state index is -0.161. The molecule has 27 heavy (non-hydrogen) atoms. The molecule has 140 valence electrons. The maximum Gasteiger partial charge on any atom is 0.161 e. The summed E-state index contributed by atoms with van der Waals surface area (Å²) in [5.74, 6) is 2.43. The number of rotatable bonds is 5. The van der Waals surface area contributed by atoms with Crippen LogP contribution in [0.15, 0.2) is 54.7 Å². The van der Waals surface area contributed by atoms with Crippen molar-refractivity contribution in [3.05, 3.63) is 77.1 Å². The fourth-order valence-electron chi connectivity index (χ4n) is 4.28. The minimum absolute atomic E-state index is 0.161. The summed E-state index contributed by atoms with van der Waals surface area (Å²) < 4.78 is 18.8. The Labute approximate surface area is 160 Å². The van der Waals surface area contributed by atoms with Crippen molar-refractivity contribution in [2.24, 2.45) is 0 Å². The van der Waals surface area contributed by atoms with Gasteiger partial charge in [-0.3, -0.25) is 0 Å². The molecule has 4 rings (SSSR count). The van der Waals surface area contributed by atoms with Gasteiger partial charge in [0.2, 0.25) is 0 Å². The van der Waals surface area contributed by atoms with Gasteiger partial charge in [-0.25, -0.2) is 0 Å². The van der Waals surface area contributed by atoms with E-state index in [-0.39, 0.29) is 5.41 Å². The maximum absolute atomic E-state index is 5.60. The molecule has 0 N–H and O–H groups in total. The second-order valence-corrected chi connectivity index (χ2v) is 7.24. The SMILES string of the molecule is COc1ccc(CC2(C)c3cc(OC)c(OC)cc3Cn3cccc32)cc1. The molecule has 1 aliphatic rings. The van der Waals surface area contributed by atoms with Crippen LogP contribution >= 0.6 is 0 Å². The molecule has 0 saturated carbocycles. The molecule has 0 bridgehead atoms. The van der Waals surface area contributed by atoms with Gasteiger partial charge in [0.1, 0.15) is 5.75 Å². The first-order valence-electron chi connectivity index (χ1n) is 9.13. The van der Waals surface area contributed by atoms with E-state index in [4.69, 9.17) is 14.2 Å². The monoisotopic (exact) mass is 363 g/mol. The van der Waals surface area contributed by atoms with Gasteiger partial charge >= 0.3 is 0 Å². The molecule has 3 aromatic rings. The molecule has 0 amide bonds. The Morgan fingerprint density at radius 1 is 0.926 bits per heavy atom. The second-order valence-electron chi connectivity index (χ2n) is 7.24. The fraction of sp³-hybridized carbons (Fsp3) is 0.304. The Balaban J connectivity index is 1.84. The van der Waals surface area contributed by atoms with Crippen molar-refractivity contribution in [2.45, 2.75) is 25.3 Å². The van der Waals surface area contributed by atoms with Gasteiger partial charge in [0.25, 0.3) is 0 Å². The lowest BCUT2D eigenvalue weighted by atomic mass is 9.71. The predicted octanol–water partition coefficient (Wildman–Crippen LogP) is 4.42. The molecule has 1 aliphatic heterocycles. The van der Waals surface area contributed by atoms with Crippen LogP contribution in [-0.2, 0) is 18.4 Å². The molecule has 0 aliphatic carbocycles. The molecule has 4 nitrogen and oxygen atoms in total. The van der Waals surface area contributed by atoms with Crippen molar-refractivity contribution in [3.8, 4) is 17.2 Å². The van der Waals surface area contributed by atoms with Crippen molar-refractivity contribution in [2.75, 3.05) is 21.3 Å². The summed E-state index contributed by atoms with van der Waals surface area (Å²) in [6.07, 6.45) is 3.05.